The van der Waals surface area contributed by atoms with E-state index in [1.54, 1.807) is 0 Å². The van der Waals surface area contributed by atoms with Gasteiger partial charge in [0.2, 0.25) is 0 Å². The Hall–Kier alpha value is -1.03. The van der Waals surface area contributed by atoms with E-state index in [0.29, 0.717) is 23.7 Å². The molecular formula is C21H28O3S. The Kier molecular flexibility index (Phi) is 3.81. The normalized spacial score (nSPS) is 48.8. The van der Waals surface area contributed by atoms with Crippen molar-refractivity contribution in [3.63, 3.8) is 0 Å². The molecule has 0 saturated heterocycles. The molecule has 0 spiro atoms. The summed E-state index contributed by atoms with van der Waals surface area (Å²) < 4.78 is 0. The van der Waals surface area contributed by atoms with Crippen LogP contribution in [0.1, 0.15) is 52.9 Å². The van der Waals surface area contributed by atoms with Crippen LogP contribution < -0.4 is 0 Å². The fourth-order valence-corrected chi connectivity index (χ4v) is 7.73. The number of carbonyl (C=O) groups is 2. The summed E-state index contributed by atoms with van der Waals surface area (Å²) >= 11 is 4.22. The predicted molar refractivity (Wildman–Crippen MR) is 100 cm³/mol. The first-order chi connectivity index (χ1) is 11.7. The largest absolute Gasteiger partial charge is 0.508 e. The number of carbonyl (C=O) groups excluding carboxylic acids is 2. The zero-order chi connectivity index (χ0) is 18.1. The maximum absolute atomic E-state index is 12.9. The molecule has 0 heterocycles. The van der Waals surface area contributed by atoms with Crippen LogP contribution >= 0.6 is 12.6 Å². The quantitative estimate of drug-likeness (QED) is 0.677. The minimum atomic E-state index is -0.469. The molecule has 3 saturated carbocycles. The van der Waals surface area contributed by atoms with Crippen molar-refractivity contribution in [2.45, 2.75) is 52.9 Å². The first-order valence-corrected chi connectivity index (χ1v) is 10.0. The molecule has 0 bridgehead atoms. The molecule has 0 radical (unpaired) electrons. The molecule has 1 N–H and O–H groups in total. The molecule has 0 amide bonds. The monoisotopic (exact) mass is 360 g/mol. The molecule has 4 aliphatic carbocycles. The molecule has 0 aromatic rings. The van der Waals surface area contributed by atoms with Crippen LogP contribution in [0.5, 0.6) is 0 Å². The van der Waals surface area contributed by atoms with Crippen LogP contribution in [0.2, 0.25) is 0 Å². The van der Waals surface area contributed by atoms with E-state index < -0.39 is 5.41 Å². The van der Waals surface area contributed by atoms with Gasteiger partial charge in [-0.05, 0) is 74.2 Å². The summed E-state index contributed by atoms with van der Waals surface area (Å²) in [7, 11) is 0. The second kappa shape index (κ2) is 5.48. The van der Waals surface area contributed by atoms with Gasteiger partial charge in [-0.15, -0.1) is 12.6 Å². The van der Waals surface area contributed by atoms with Gasteiger partial charge in [0.05, 0.1) is 5.41 Å². The van der Waals surface area contributed by atoms with Crippen molar-refractivity contribution in [2.24, 2.45) is 40.4 Å². The number of rotatable bonds is 1. The molecule has 4 rings (SSSR count). The van der Waals surface area contributed by atoms with Crippen molar-refractivity contribution in [2.75, 3.05) is 0 Å². The van der Waals surface area contributed by atoms with E-state index >= 15 is 0 Å². The Morgan fingerprint density at radius 3 is 2.64 bits per heavy atom. The number of aliphatic hydroxyl groups excluding tert-OH is 1. The lowest BCUT2D eigenvalue weighted by atomic mass is 9.47. The van der Waals surface area contributed by atoms with Crippen molar-refractivity contribution < 1.29 is 14.7 Å². The van der Waals surface area contributed by atoms with Crippen molar-refractivity contribution in [3.8, 4) is 0 Å². The fraction of sp³-hybridized carbons (Fsp3) is 0.714. The summed E-state index contributed by atoms with van der Waals surface area (Å²) in [6.07, 6.45) is 8.22. The molecule has 0 aliphatic heterocycles. The van der Waals surface area contributed by atoms with Gasteiger partial charge in [-0.3, -0.25) is 9.59 Å². The molecule has 136 valence electrons. The van der Waals surface area contributed by atoms with Gasteiger partial charge >= 0.3 is 0 Å². The van der Waals surface area contributed by atoms with E-state index in [9.17, 15) is 14.7 Å². The highest BCUT2D eigenvalue weighted by Crippen LogP contribution is 2.67. The average molecular weight is 361 g/mol. The minimum absolute atomic E-state index is 0.0205. The molecule has 1 unspecified atom stereocenters. The third-order valence-corrected chi connectivity index (χ3v) is 8.59. The van der Waals surface area contributed by atoms with Crippen LogP contribution in [0.4, 0.5) is 0 Å². The van der Waals surface area contributed by atoms with Gasteiger partial charge < -0.3 is 5.11 Å². The summed E-state index contributed by atoms with van der Waals surface area (Å²) in [5.74, 6) is 1.88. The van der Waals surface area contributed by atoms with E-state index in [1.807, 2.05) is 6.08 Å². The Bertz CT molecular complexity index is 708. The number of allylic oxidation sites excluding steroid dienone is 3. The van der Waals surface area contributed by atoms with Crippen LogP contribution in [0.3, 0.4) is 0 Å². The lowest BCUT2D eigenvalue weighted by Crippen LogP contribution is -2.53. The molecular weight excluding hydrogens is 332 g/mol. The van der Waals surface area contributed by atoms with Gasteiger partial charge in [0.15, 0.2) is 10.9 Å². The fourth-order valence-electron chi connectivity index (χ4n) is 7.18. The van der Waals surface area contributed by atoms with Crippen molar-refractivity contribution >= 4 is 23.5 Å². The molecule has 3 nitrogen and oxygen atoms in total. The first-order valence-electron chi connectivity index (χ1n) is 9.58. The Morgan fingerprint density at radius 2 is 1.96 bits per heavy atom. The summed E-state index contributed by atoms with van der Waals surface area (Å²) in [5, 5.41) is 9.91. The third-order valence-electron chi connectivity index (χ3n) is 8.31. The van der Waals surface area contributed by atoms with E-state index in [-0.39, 0.29) is 28.0 Å². The van der Waals surface area contributed by atoms with E-state index in [1.165, 1.54) is 6.08 Å². The zero-order valence-corrected chi connectivity index (χ0v) is 16.2. The van der Waals surface area contributed by atoms with Crippen LogP contribution in [0.25, 0.3) is 0 Å². The van der Waals surface area contributed by atoms with Crippen molar-refractivity contribution in [1.82, 2.24) is 0 Å². The number of aliphatic hydroxyl groups is 1. The first kappa shape index (κ1) is 17.4. The Labute approximate surface area is 155 Å². The number of hydrogen-bond donors (Lipinski definition) is 2. The minimum Gasteiger partial charge on any atom is -0.508 e. The van der Waals surface area contributed by atoms with E-state index in [0.717, 1.165) is 37.7 Å². The van der Waals surface area contributed by atoms with Gasteiger partial charge in [0.1, 0.15) is 5.76 Å². The maximum Gasteiger partial charge on any atom is 0.189 e. The van der Waals surface area contributed by atoms with Gasteiger partial charge in [-0.2, -0.15) is 0 Å². The third kappa shape index (κ3) is 2.19. The van der Waals surface area contributed by atoms with Gasteiger partial charge in [0.25, 0.3) is 0 Å². The highest BCUT2D eigenvalue weighted by Gasteiger charge is 2.62. The summed E-state index contributed by atoms with van der Waals surface area (Å²) in [6, 6.07) is 0. The summed E-state index contributed by atoms with van der Waals surface area (Å²) in [5.41, 5.74) is 0.658. The standard InChI is InChI=1S/C21H28O3S/c1-11-8-16-14-5-4-12-9-13(22)10-17(23)21(12,3)15(14)6-7-20(16,2)18(11)19(24)25/h9-11,14-16,18,22H,4-8H2,1-3H3,(H,24,25)/t11-,14-,15+,16+,18?,20+,21+/m1/s1. The zero-order valence-electron chi connectivity index (χ0n) is 15.3. The maximum atomic E-state index is 12.9. The van der Waals surface area contributed by atoms with Crippen molar-refractivity contribution in [1.29, 1.82) is 0 Å². The van der Waals surface area contributed by atoms with Crippen molar-refractivity contribution in [3.05, 3.63) is 23.5 Å². The highest BCUT2D eigenvalue weighted by molar-refractivity contribution is 7.96. The summed E-state index contributed by atoms with van der Waals surface area (Å²) in [4.78, 5) is 25.1. The van der Waals surface area contributed by atoms with Crippen LogP contribution in [0.15, 0.2) is 23.5 Å². The number of hydrogen-bond acceptors (Lipinski definition) is 3. The summed E-state index contributed by atoms with van der Waals surface area (Å²) in [6.45, 7) is 6.57. The number of thiol groups is 1. The Morgan fingerprint density at radius 1 is 1.24 bits per heavy atom. The van der Waals surface area contributed by atoms with E-state index in [2.05, 4.69) is 33.4 Å². The van der Waals surface area contributed by atoms with Crippen LogP contribution in [0, 0.1) is 40.4 Å². The van der Waals surface area contributed by atoms with Gasteiger partial charge in [-0.1, -0.05) is 19.4 Å². The molecule has 3 fully saturated rings. The van der Waals surface area contributed by atoms with Gasteiger partial charge in [0, 0.05) is 12.0 Å². The predicted octanol–water partition coefficient (Wildman–Crippen LogP) is 4.50. The molecule has 7 atom stereocenters. The molecule has 4 heteroatoms. The van der Waals surface area contributed by atoms with Gasteiger partial charge in [-0.25, -0.2) is 0 Å². The molecule has 25 heavy (non-hydrogen) atoms. The smallest absolute Gasteiger partial charge is 0.189 e. The van der Waals surface area contributed by atoms with Crippen LogP contribution in [-0.2, 0) is 9.59 Å². The van der Waals surface area contributed by atoms with Crippen LogP contribution in [-0.4, -0.2) is 16.0 Å². The van der Waals surface area contributed by atoms with E-state index in [4.69, 9.17) is 0 Å². The number of ketones is 1. The highest BCUT2D eigenvalue weighted by atomic mass is 32.1. The molecule has 0 aromatic heterocycles. The lowest BCUT2D eigenvalue weighted by molar-refractivity contribution is -0.134. The molecule has 4 aliphatic rings. The second-order valence-electron chi connectivity index (χ2n) is 9.29. The lowest BCUT2D eigenvalue weighted by Gasteiger charge is -2.56. The topological polar surface area (TPSA) is 54.4 Å². The molecule has 0 aromatic carbocycles. The second-order valence-corrected chi connectivity index (χ2v) is 9.74. The number of fused-ring (bicyclic) bond motifs is 5. The Balaban J connectivity index is 1.72. The average Bonchev–Trinajstić information content (AvgIpc) is 2.79. The SMILES string of the molecule is C[C@@H]1C[C@H]2[C@@H]3CCC4=CC(O)=CC(=O)[C@]4(C)[C@H]3CC[C@]2(C)C1C(=O)S.